The van der Waals surface area contributed by atoms with Crippen LogP contribution in [0, 0.1) is 0 Å². The van der Waals surface area contributed by atoms with E-state index in [1.807, 2.05) is 23.6 Å². The normalized spacial score (nSPS) is 22.3. The fourth-order valence-corrected chi connectivity index (χ4v) is 6.74. The largest absolute Gasteiger partial charge is 0.495 e. The highest BCUT2D eigenvalue weighted by molar-refractivity contribution is 7.89. The van der Waals surface area contributed by atoms with E-state index in [4.69, 9.17) is 4.74 Å². The van der Waals surface area contributed by atoms with Crippen molar-refractivity contribution in [3.8, 4) is 5.75 Å². The minimum Gasteiger partial charge on any atom is -0.495 e. The second-order valence-corrected chi connectivity index (χ2v) is 10.0. The van der Waals surface area contributed by atoms with Crippen molar-refractivity contribution in [3.63, 3.8) is 0 Å². The van der Waals surface area contributed by atoms with Gasteiger partial charge in [0.1, 0.15) is 5.75 Å². The monoisotopic (exact) mass is 421 g/mol. The van der Waals surface area contributed by atoms with Crippen molar-refractivity contribution in [3.05, 3.63) is 41.1 Å². The van der Waals surface area contributed by atoms with Gasteiger partial charge in [-0.3, -0.25) is 4.90 Å². The van der Waals surface area contributed by atoms with Crippen LogP contribution in [-0.4, -0.2) is 70.0 Å². The average Bonchev–Trinajstić information content (AvgIpc) is 3.30. The zero-order valence-corrected chi connectivity index (χ0v) is 17.8. The third-order valence-corrected chi connectivity index (χ3v) is 8.44. The van der Waals surface area contributed by atoms with Gasteiger partial charge in [-0.05, 0) is 36.4 Å². The highest BCUT2D eigenvalue weighted by Crippen LogP contribution is 2.30. The molecular formula is C20H27N3O3S2. The molecule has 0 radical (unpaired) electrons. The van der Waals surface area contributed by atoms with Gasteiger partial charge in [0.15, 0.2) is 0 Å². The molecule has 0 amide bonds. The Morgan fingerprint density at radius 3 is 2.57 bits per heavy atom. The van der Waals surface area contributed by atoms with Crippen LogP contribution in [0.3, 0.4) is 0 Å². The van der Waals surface area contributed by atoms with E-state index in [1.165, 1.54) is 11.3 Å². The van der Waals surface area contributed by atoms with Crippen molar-refractivity contribution < 1.29 is 13.2 Å². The Hall–Kier alpha value is -1.61. The van der Waals surface area contributed by atoms with Gasteiger partial charge in [0, 0.05) is 50.7 Å². The summed E-state index contributed by atoms with van der Waals surface area (Å²) < 4.78 is 32.9. The van der Waals surface area contributed by atoms with Gasteiger partial charge < -0.3 is 9.64 Å². The van der Waals surface area contributed by atoms with Gasteiger partial charge in [-0.1, -0.05) is 12.1 Å². The van der Waals surface area contributed by atoms with Gasteiger partial charge in [-0.2, -0.15) is 15.6 Å². The van der Waals surface area contributed by atoms with Crippen LogP contribution in [0.2, 0.25) is 0 Å². The highest BCUT2D eigenvalue weighted by atomic mass is 32.2. The second-order valence-electron chi connectivity index (χ2n) is 7.31. The van der Waals surface area contributed by atoms with E-state index in [2.05, 4.69) is 15.9 Å². The lowest BCUT2D eigenvalue weighted by Gasteiger charge is -2.43. The zero-order valence-electron chi connectivity index (χ0n) is 16.2. The molecule has 1 aromatic heterocycles. The van der Waals surface area contributed by atoms with E-state index in [-0.39, 0.29) is 0 Å². The van der Waals surface area contributed by atoms with E-state index < -0.39 is 10.0 Å². The molecule has 0 unspecified atom stereocenters. The molecule has 2 fully saturated rings. The topological polar surface area (TPSA) is 53.1 Å². The average molecular weight is 422 g/mol. The summed E-state index contributed by atoms with van der Waals surface area (Å²) in [6.45, 7) is 4.94. The molecule has 0 aliphatic carbocycles. The lowest BCUT2D eigenvalue weighted by atomic mass is 10.0. The third-order valence-electron chi connectivity index (χ3n) is 5.75. The first-order valence-electron chi connectivity index (χ1n) is 9.74. The highest BCUT2D eigenvalue weighted by Gasteiger charge is 2.34. The first-order valence-corrected chi connectivity index (χ1v) is 12.1. The number of piperazine rings is 1. The van der Waals surface area contributed by atoms with Crippen LogP contribution < -0.4 is 9.64 Å². The van der Waals surface area contributed by atoms with Crippen molar-refractivity contribution in [1.82, 2.24) is 9.21 Å². The lowest BCUT2D eigenvalue weighted by molar-refractivity contribution is 0.128. The molecule has 152 valence electrons. The molecular weight excluding hydrogens is 394 g/mol. The zero-order chi connectivity index (χ0) is 19.6. The summed E-state index contributed by atoms with van der Waals surface area (Å²) in [5.41, 5.74) is 1.13. The van der Waals surface area contributed by atoms with Crippen molar-refractivity contribution in [1.29, 1.82) is 0 Å². The van der Waals surface area contributed by atoms with E-state index in [0.29, 0.717) is 24.0 Å². The van der Waals surface area contributed by atoms with Crippen LogP contribution in [0.1, 0.15) is 12.8 Å². The quantitative estimate of drug-likeness (QED) is 0.743. The number of rotatable bonds is 5. The first kappa shape index (κ1) is 19.7. The first-order chi connectivity index (χ1) is 13.6. The lowest BCUT2D eigenvalue weighted by Crippen LogP contribution is -2.55. The summed E-state index contributed by atoms with van der Waals surface area (Å²) >= 11 is 1.43. The van der Waals surface area contributed by atoms with Crippen molar-refractivity contribution in [2.45, 2.75) is 23.8 Å². The fourth-order valence-electron chi connectivity index (χ4n) is 4.20. The van der Waals surface area contributed by atoms with E-state index in [0.717, 1.165) is 50.5 Å². The van der Waals surface area contributed by atoms with Crippen LogP contribution in [0.15, 0.2) is 46.0 Å². The number of piperidine rings is 1. The maximum absolute atomic E-state index is 12.9. The second kappa shape index (κ2) is 8.41. The van der Waals surface area contributed by atoms with Crippen molar-refractivity contribution >= 4 is 27.0 Å². The van der Waals surface area contributed by atoms with Gasteiger partial charge in [0.05, 0.1) is 17.7 Å². The van der Waals surface area contributed by atoms with E-state index in [1.54, 1.807) is 22.9 Å². The maximum atomic E-state index is 12.9. The molecule has 28 heavy (non-hydrogen) atoms. The minimum absolute atomic E-state index is 0.293. The molecule has 3 heterocycles. The van der Waals surface area contributed by atoms with Crippen LogP contribution >= 0.6 is 11.3 Å². The molecule has 1 aromatic carbocycles. The van der Waals surface area contributed by atoms with Gasteiger partial charge in [0.2, 0.25) is 10.0 Å². The summed E-state index contributed by atoms with van der Waals surface area (Å²) in [5, 5.41) is 3.55. The number of sulfonamides is 1. The Kier molecular flexibility index (Phi) is 5.91. The molecule has 2 saturated heterocycles. The van der Waals surface area contributed by atoms with Gasteiger partial charge in [0.25, 0.3) is 0 Å². The number of thiophene rings is 1. The fraction of sp³-hybridized carbons (Fsp3) is 0.500. The molecule has 0 spiro atoms. The van der Waals surface area contributed by atoms with Gasteiger partial charge in [-0.25, -0.2) is 8.42 Å². The van der Waals surface area contributed by atoms with E-state index in [9.17, 15) is 8.42 Å². The van der Waals surface area contributed by atoms with Crippen LogP contribution in [0.25, 0.3) is 0 Å². The van der Waals surface area contributed by atoms with Crippen molar-refractivity contribution in [2.24, 2.45) is 0 Å². The standard InChI is InChI=1S/C20H27N3O3S2/c1-26-20-7-3-2-6-19(20)22-12-10-21(11-13-22)17-5-4-9-23(15-17)28(24,25)18-8-14-27-16-18/h2-3,6-8,14,16-17H,4-5,9-13,15H2,1H3/t17-/m0/s1. The molecule has 1 atom stereocenters. The Bertz CT molecular complexity index is 878. The number of ether oxygens (including phenoxy) is 1. The molecule has 0 N–H and O–H groups in total. The Balaban J connectivity index is 1.39. The van der Waals surface area contributed by atoms with Gasteiger partial charge in [-0.15, -0.1) is 0 Å². The number of methoxy groups -OCH3 is 1. The Labute approximate surface area is 171 Å². The smallest absolute Gasteiger partial charge is 0.243 e. The van der Waals surface area contributed by atoms with Crippen molar-refractivity contribution in [2.75, 3.05) is 51.3 Å². The summed E-state index contributed by atoms with van der Waals surface area (Å²) in [7, 11) is -1.65. The maximum Gasteiger partial charge on any atom is 0.243 e. The Morgan fingerprint density at radius 1 is 1.07 bits per heavy atom. The number of anilines is 1. The number of hydrogen-bond donors (Lipinski definition) is 0. The van der Waals surface area contributed by atoms with Crippen LogP contribution in [0.4, 0.5) is 5.69 Å². The molecule has 2 aromatic rings. The molecule has 6 nitrogen and oxygen atoms in total. The molecule has 0 bridgehead atoms. The summed E-state index contributed by atoms with van der Waals surface area (Å²) in [6, 6.07) is 10.1. The predicted molar refractivity (Wildman–Crippen MR) is 113 cm³/mol. The summed E-state index contributed by atoms with van der Waals surface area (Å²) in [4.78, 5) is 5.25. The molecule has 0 saturated carbocycles. The molecule has 2 aliphatic rings. The van der Waals surface area contributed by atoms with Crippen LogP contribution in [-0.2, 0) is 10.0 Å². The summed E-state index contributed by atoms with van der Waals surface area (Å²) in [5.74, 6) is 0.904. The van der Waals surface area contributed by atoms with Crippen LogP contribution in [0.5, 0.6) is 5.75 Å². The van der Waals surface area contributed by atoms with Gasteiger partial charge >= 0.3 is 0 Å². The minimum atomic E-state index is -3.36. The number of nitrogens with zero attached hydrogens (tertiary/aromatic N) is 3. The summed E-state index contributed by atoms with van der Waals surface area (Å²) in [6.07, 6.45) is 1.98. The molecule has 4 rings (SSSR count). The number of hydrogen-bond acceptors (Lipinski definition) is 6. The molecule has 2 aliphatic heterocycles. The molecule has 8 heteroatoms. The number of para-hydroxylation sites is 2. The number of benzene rings is 1. The Morgan fingerprint density at radius 2 is 1.86 bits per heavy atom. The third kappa shape index (κ3) is 3.91. The van der Waals surface area contributed by atoms with E-state index >= 15 is 0 Å². The predicted octanol–water partition coefficient (Wildman–Crippen LogP) is 2.73. The SMILES string of the molecule is COc1ccccc1N1CCN([C@H]2CCCN(S(=O)(=O)c3ccsc3)C2)CC1.